The van der Waals surface area contributed by atoms with Crippen molar-refractivity contribution >= 4 is 11.6 Å². The van der Waals surface area contributed by atoms with Crippen LogP contribution in [0.5, 0.6) is 5.75 Å². The van der Waals surface area contributed by atoms with Crippen LogP contribution in [0.1, 0.15) is 24.8 Å². The predicted octanol–water partition coefficient (Wildman–Crippen LogP) is 3.89. The maximum atomic E-state index is 5.76. The topological polar surface area (TPSA) is 18.5 Å². The Hall–Kier alpha value is -0.990. The molecule has 0 aromatic heterocycles. The smallest absolute Gasteiger partial charge is 0.199 e. The van der Waals surface area contributed by atoms with Crippen molar-refractivity contribution in [2.75, 3.05) is 6.61 Å². The van der Waals surface area contributed by atoms with Crippen molar-refractivity contribution in [3.8, 4) is 5.75 Å². The molecule has 1 fully saturated rings. The number of ether oxygens (including phenoxy) is 2. The lowest BCUT2D eigenvalue weighted by molar-refractivity contribution is -0.105. The standard InChI is InChI=1S/C14H17ClO2/c1-11(15)10-12-5-7-13(8-6-12)17-14-4-2-3-9-16-14/h5-8,14H,1-4,9-10H2. The molecule has 0 spiro atoms. The van der Waals surface area contributed by atoms with E-state index in [1.165, 1.54) is 6.42 Å². The van der Waals surface area contributed by atoms with Crippen molar-refractivity contribution in [2.45, 2.75) is 32.0 Å². The second-order valence-electron chi connectivity index (χ2n) is 4.25. The minimum absolute atomic E-state index is 0.0856. The van der Waals surface area contributed by atoms with Crippen LogP contribution in [0.15, 0.2) is 35.9 Å². The van der Waals surface area contributed by atoms with Crippen molar-refractivity contribution in [1.82, 2.24) is 0 Å². The fraction of sp³-hybridized carbons (Fsp3) is 0.429. The van der Waals surface area contributed by atoms with Gasteiger partial charge in [0, 0.05) is 17.9 Å². The molecule has 0 bridgehead atoms. The van der Waals surface area contributed by atoms with Gasteiger partial charge in [0.05, 0.1) is 6.61 Å². The second-order valence-corrected chi connectivity index (χ2v) is 4.79. The summed E-state index contributed by atoms with van der Waals surface area (Å²) >= 11 is 5.76. The van der Waals surface area contributed by atoms with Crippen molar-refractivity contribution in [1.29, 1.82) is 0 Å². The van der Waals surface area contributed by atoms with Crippen molar-refractivity contribution in [3.05, 3.63) is 41.4 Å². The molecule has 1 unspecified atom stereocenters. The van der Waals surface area contributed by atoms with E-state index in [1.807, 2.05) is 24.3 Å². The lowest BCUT2D eigenvalue weighted by Crippen LogP contribution is -2.24. The highest BCUT2D eigenvalue weighted by Gasteiger charge is 2.14. The normalized spacial score (nSPS) is 19.9. The summed E-state index contributed by atoms with van der Waals surface area (Å²) in [5.74, 6) is 0.848. The van der Waals surface area contributed by atoms with E-state index in [1.54, 1.807) is 0 Å². The molecule has 1 aliphatic rings. The SMILES string of the molecule is C=C(Cl)Cc1ccc(OC2CCCCO2)cc1. The van der Waals surface area contributed by atoms with Gasteiger partial charge in [-0.2, -0.15) is 0 Å². The molecule has 1 aromatic carbocycles. The van der Waals surface area contributed by atoms with Gasteiger partial charge in [-0.15, -0.1) is 0 Å². The first-order valence-corrected chi connectivity index (χ1v) is 6.32. The molecular weight excluding hydrogens is 236 g/mol. The molecule has 1 aliphatic heterocycles. The molecule has 1 atom stereocenters. The largest absolute Gasteiger partial charge is 0.465 e. The lowest BCUT2D eigenvalue weighted by Gasteiger charge is -2.23. The summed E-state index contributed by atoms with van der Waals surface area (Å²) in [5, 5.41) is 0.647. The third-order valence-corrected chi connectivity index (χ3v) is 2.86. The third kappa shape index (κ3) is 4.06. The van der Waals surface area contributed by atoms with Crippen LogP contribution < -0.4 is 4.74 Å². The van der Waals surface area contributed by atoms with Gasteiger partial charge in [-0.1, -0.05) is 30.3 Å². The molecule has 92 valence electrons. The van der Waals surface area contributed by atoms with Crippen LogP contribution in [-0.2, 0) is 11.2 Å². The Labute approximate surface area is 107 Å². The van der Waals surface area contributed by atoms with E-state index in [2.05, 4.69) is 6.58 Å². The van der Waals surface area contributed by atoms with Crippen LogP contribution in [0, 0.1) is 0 Å². The first kappa shape index (κ1) is 12.5. The van der Waals surface area contributed by atoms with Gasteiger partial charge in [-0.3, -0.25) is 0 Å². The first-order valence-electron chi connectivity index (χ1n) is 5.94. The molecular formula is C14H17ClO2. The van der Waals surface area contributed by atoms with Gasteiger partial charge in [-0.05, 0) is 30.5 Å². The average Bonchev–Trinajstić information content (AvgIpc) is 2.32. The van der Waals surface area contributed by atoms with E-state index in [0.717, 1.165) is 30.8 Å². The summed E-state index contributed by atoms with van der Waals surface area (Å²) in [5.41, 5.74) is 1.14. The summed E-state index contributed by atoms with van der Waals surface area (Å²) in [6.45, 7) is 4.48. The number of benzene rings is 1. The highest BCUT2D eigenvalue weighted by molar-refractivity contribution is 6.29. The maximum Gasteiger partial charge on any atom is 0.199 e. The summed E-state index contributed by atoms with van der Waals surface area (Å²) in [6, 6.07) is 7.91. The van der Waals surface area contributed by atoms with E-state index in [9.17, 15) is 0 Å². The highest BCUT2D eigenvalue weighted by Crippen LogP contribution is 2.20. The van der Waals surface area contributed by atoms with Gasteiger partial charge < -0.3 is 9.47 Å². The van der Waals surface area contributed by atoms with Crippen LogP contribution in [0.2, 0.25) is 0 Å². The van der Waals surface area contributed by atoms with Crippen LogP contribution in [0.4, 0.5) is 0 Å². The quantitative estimate of drug-likeness (QED) is 0.810. The molecule has 3 heteroatoms. The van der Waals surface area contributed by atoms with Gasteiger partial charge >= 0.3 is 0 Å². The van der Waals surface area contributed by atoms with Gasteiger partial charge in [-0.25, -0.2) is 0 Å². The van der Waals surface area contributed by atoms with Crippen LogP contribution in [0.3, 0.4) is 0 Å². The van der Waals surface area contributed by atoms with Crippen LogP contribution >= 0.6 is 11.6 Å². The van der Waals surface area contributed by atoms with E-state index < -0.39 is 0 Å². The van der Waals surface area contributed by atoms with E-state index in [-0.39, 0.29) is 6.29 Å². The minimum atomic E-state index is -0.0856. The average molecular weight is 253 g/mol. The fourth-order valence-electron chi connectivity index (χ4n) is 1.86. The van der Waals surface area contributed by atoms with Gasteiger partial charge in [0.2, 0.25) is 0 Å². The van der Waals surface area contributed by atoms with Crippen molar-refractivity contribution < 1.29 is 9.47 Å². The molecule has 0 amide bonds. The summed E-state index contributed by atoms with van der Waals surface area (Å²) in [4.78, 5) is 0. The Morgan fingerprint density at radius 1 is 1.35 bits per heavy atom. The molecule has 0 aliphatic carbocycles. The fourth-order valence-corrected chi connectivity index (χ4v) is 2.02. The van der Waals surface area contributed by atoms with Crippen LogP contribution in [-0.4, -0.2) is 12.9 Å². The van der Waals surface area contributed by atoms with Crippen molar-refractivity contribution in [2.24, 2.45) is 0 Å². The van der Waals surface area contributed by atoms with Gasteiger partial charge in [0.15, 0.2) is 6.29 Å². The maximum absolute atomic E-state index is 5.76. The molecule has 1 aromatic rings. The molecule has 0 N–H and O–H groups in total. The zero-order chi connectivity index (χ0) is 12.1. The molecule has 1 heterocycles. The van der Waals surface area contributed by atoms with Crippen molar-refractivity contribution in [3.63, 3.8) is 0 Å². The number of halogens is 1. The zero-order valence-corrected chi connectivity index (χ0v) is 10.6. The Bertz CT molecular complexity index is 366. The monoisotopic (exact) mass is 252 g/mol. The number of rotatable bonds is 4. The zero-order valence-electron chi connectivity index (χ0n) is 9.82. The number of allylic oxidation sites excluding steroid dienone is 1. The molecule has 2 rings (SSSR count). The molecule has 0 saturated carbocycles. The Morgan fingerprint density at radius 2 is 2.12 bits per heavy atom. The summed E-state index contributed by atoms with van der Waals surface area (Å²) < 4.78 is 11.3. The first-order chi connectivity index (χ1) is 8.24. The number of hydrogen-bond donors (Lipinski definition) is 0. The van der Waals surface area contributed by atoms with E-state index in [0.29, 0.717) is 11.5 Å². The highest BCUT2D eigenvalue weighted by atomic mass is 35.5. The van der Waals surface area contributed by atoms with E-state index in [4.69, 9.17) is 21.1 Å². The predicted molar refractivity (Wildman–Crippen MR) is 69.4 cm³/mol. The van der Waals surface area contributed by atoms with E-state index >= 15 is 0 Å². The Kier molecular flexibility index (Phi) is 4.46. The Morgan fingerprint density at radius 3 is 2.71 bits per heavy atom. The second kappa shape index (κ2) is 6.08. The number of hydrogen-bond acceptors (Lipinski definition) is 2. The lowest BCUT2D eigenvalue weighted by atomic mass is 10.1. The molecule has 17 heavy (non-hydrogen) atoms. The van der Waals surface area contributed by atoms with Gasteiger partial charge in [0.25, 0.3) is 0 Å². The molecule has 1 saturated heterocycles. The molecule has 2 nitrogen and oxygen atoms in total. The third-order valence-electron chi connectivity index (χ3n) is 2.72. The summed E-state index contributed by atoms with van der Waals surface area (Å²) in [6.07, 6.45) is 3.89. The minimum Gasteiger partial charge on any atom is -0.465 e. The van der Waals surface area contributed by atoms with Gasteiger partial charge in [0.1, 0.15) is 5.75 Å². The Balaban J connectivity index is 1.90. The summed E-state index contributed by atoms with van der Waals surface area (Å²) in [7, 11) is 0. The molecule has 0 radical (unpaired) electrons. The van der Waals surface area contributed by atoms with Crippen LogP contribution in [0.25, 0.3) is 0 Å².